The van der Waals surface area contributed by atoms with E-state index in [1.807, 2.05) is 13.8 Å². The predicted octanol–water partition coefficient (Wildman–Crippen LogP) is 3.36. The van der Waals surface area contributed by atoms with Crippen LogP contribution in [0.25, 0.3) is 0 Å². The van der Waals surface area contributed by atoms with Crippen LogP contribution in [0.4, 0.5) is 13.2 Å². The molecule has 0 bridgehead atoms. The van der Waals surface area contributed by atoms with Gasteiger partial charge in [0.2, 0.25) is 0 Å². The molecule has 1 aromatic rings. The zero-order valence-electron chi connectivity index (χ0n) is 12.5. The highest BCUT2D eigenvalue weighted by molar-refractivity contribution is 5.31. The molecule has 1 aliphatic rings. The highest BCUT2D eigenvalue weighted by Crippen LogP contribution is 2.38. The summed E-state index contributed by atoms with van der Waals surface area (Å²) in [6.45, 7) is 5.58. The van der Waals surface area contributed by atoms with Crippen LogP contribution in [0.2, 0.25) is 0 Å². The van der Waals surface area contributed by atoms with Gasteiger partial charge in [0, 0.05) is 29.5 Å². The summed E-state index contributed by atoms with van der Waals surface area (Å²) in [4.78, 5) is 6.03. The van der Waals surface area contributed by atoms with Gasteiger partial charge in [-0.1, -0.05) is 6.42 Å². The van der Waals surface area contributed by atoms with Crippen molar-refractivity contribution < 1.29 is 13.2 Å². The minimum absolute atomic E-state index is 0.0700. The van der Waals surface area contributed by atoms with Crippen molar-refractivity contribution >= 4 is 0 Å². The lowest BCUT2D eigenvalue weighted by molar-refractivity contribution is -0.138. The first-order chi connectivity index (χ1) is 9.74. The van der Waals surface area contributed by atoms with Crippen molar-refractivity contribution in [2.75, 3.05) is 13.1 Å². The zero-order chi connectivity index (χ0) is 15.7. The highest BCUT2D eigenvalue weighted by Gasteiger charge is 2.40. The Bertz CT molecular complexity index is 479. The third-order valence-corrected chi connectivity index (χ3v) is 4.42. The molecule has 1 saturated heterocycles. The van der Waals surface area contributed by atoms with Gasteiger partial charge in [0.15, 0.2) is 0 Å². The molecule has 1 atom stereocenters. The van der Waals surface area contributed by atoms with Crippen LogP contribution in [-0.2, 0) is 6.18 Å². The van der Waals surface area contributed by atoms with Crippen LogP contribution in [0, 0.1) is 0 Å². The second-order valence-electron chi connectivity index (χ2n) is 6.14. The first kappa shape index (κ1) is 16.2. The van der Waals surface area contributed by atoms with Gasteiger partial charge in [-0.25, -0.2) is 0 Å². The molecule has 118 valence electrons. The molecule has 1 unspecified atom stereocenters. The Labute approximate surface area is 123 Å². The topological polar surface area (TPSA) is 42.1 Å². The Kier molecular flexibility index (Phi) is 4.58. The largest absolute Gasteiger partial charge is 0.416 e. The average molecular weight is 301 g/mol. The molecule has 1 aliphatic heterocycles. The van der Waals surface area contributed by atoms with Crippen molar-refractivity contribution in [3.8, 4) is 0 Å². The van der Waals surface area contributed by atoms with Crippen molar-refractivity contribution in [1.29, 1.82) is 0 Å². The van der Waals surface area contributed by atoms with E-state index < -0.39 is 23.3 Å². The van der Waals surface area contributed by atoms with Gasteiger partial charge < -0.3 is 5.73 Å². The van der Waals surface area contributed by atoms with Gasteiger partial charge >= 0.3 is 6.18 Å². The molecule has 0 saturated carbocycles. The van der Waals surface area contributed by atoms with Crippen LogP contribution in [0.15, 0.2) is 18.5 Å². The maximum absolute atomic E-state index is 13.1. The van der Waals surface area contributed by atoms with Crippen LogP contribution < -0.4 is 5.73 Å². The van der Waals surface area contributed by atoms with E-state index in [0.717, 1.165) is 38.2 Å². The molecule has 1 fully saturated rings. The maximum atomic E-state index is 13.1. The van der Waals surface area contributed by atoms with Crippen LogP contribution in [0.1, 0.15) is 50.3 Å². The number of rotatable bonds is 3. The molecule has 6 heteroatoms. The fourth-order valence-corrected chi connectivity index (χ4v) is 2.96. The minimum Gasteiger partial charge on any atom is -0.322 e. The number of hydrogen-bond acceptors (Lipinski definition) is 3. The molecule has 0 radical (unpaired) electrons. The summed E-state index contributed by atoms with van der Waals surface area (Å²) in [5, 5.41) is 0. The first-order valence-electron chi connectivity index (χ1n) is 7.26. The lowest BCUT2D eigenvalue weighted by atomic mass is 9.85. The van der Waals surface area contributed by atoms with E-state index in [1.54, 1.807) is 0 Å². The van der Waals surface area contributed by atoms with Gasteiger partial charge in [0.05, 0.1) is 5.56 Å². The maximum Gasteiger partial charge on any atom is 0.416 e. The van der Waals surface area contributed by atoms with E-state index in [2.05, 4.69) is 9.88 Å². The fourth-order valence-electron chi connectivity index (χ4n) is 2.96. The molecule has 0 amide bonds. The molecule has 2 heterocycles. The van der Waals surface area contributed by atoms with E-state index >= 15 is 0 Å². The third-order valence-electron chi connectivity index (χ3n) is 4.42. The monoisotopic (exact) mass is 301 g/mol. The van der Waals surface area contributed by atoms with Gasteiger partial charge in [-0.15, -0.1) is 0 Å². The quantitative estimate of drug-likeness (QED) is 0.931. The lowest BCUT2D eigenvalue weighted by Crippen LogP contribution is -2.53. The summed E-state index contributed by atoms with van der Waals surface area (Å²) >= 11 is 0. The number of alkyl halides is 3. The highest BCUT2D eigenvalue weighted by atomic mass is 19.4. The van der Waals surface area contributed by atoms with Crippen molar-refractivity contribution in [3.63, 3.8) is 0 Å². The summed E-state index contributed by atoms with van der Waals surface area (Å²) in [7, 11) is 0. The van der Waals surface area contributed by atoms with Gasteiger partial charge in [-0.2, -0.15) is 13.2 Å². The first-order valence-corrected chi connectivity index (χ1v) is 7.26. The molecular weight excluding hydrogens is 279 g/mol. The SMILES string of the molecule is CC(C)(C(N)c1cnccc1C(F)(F)F)N1CCCCC1. The second kappa shape index (κ2) is 5.93. The summed E-state index contributed by atoms with van der Waals surface area (Å²) in [5.41, 5.74) is 5.07. The Morgan fingerprint density at radius 1 is 1.19 bits per heavy atom. The van der Waals surface area contributed by atoms with Gasteiger partial charge in [-0.3, -0.25) is 9.88 Å². The van der Waals surface area contributed by atoms with Gasteiger partial charge in [-0.05, 0) is 45.8 Å². The minimum atomic E-state index is -4.41. The molecule has 0 spiro atoms. The number of halogens is 3. The molecule has 2 N–H and O–H groups in total. The van der Waals surface area contributed by atoms with Crippen molar-refractivity contribution in [2.24, 2.45) is 5.73 Å². The standard InChI is InChI=1S/C15H22F3N3/c1-14(2,21-8-4-3-5-9-21)13(19)11-10-20-7-6-12(11)15(16,17)18/h6-7,10,13H,3-5,8-9,19H2,1-2H3. The lowest BCUT2D eigenvalue weighted by Gasteiger charge is -2.45. The molecule has 2 rings (SSSR count). The molecule has 0 aliphatic carbocycles. The molecular formula is C15H22F3N3. The van der Waals surface area contributed by atoms with E-state index in [1.165, 1.54) is 12.6 Å². The number of likely N-dealkylation sites (tertiary alicyclic amines) is 1. The summed E-state index contributed by atoms with van der Waals surface area (Å²) in [6, 6.07) is 0.266. The van der Waals surface area contributed by atoms with E-state index in [9.17, 15) is 13.2 Å². The smallest absolute Gasteiger partial charge is 0.322 e. The Morgan fingerprint density at radius 2 is 1.81 bits per heavy atom. The van der Waals surface area contributed by atoms with Crippen LogP contribution >= 0.6 is 0 Å². The summed E-state index contributed by atoms with van der Waals surface area (Å²) < 4.78 is 39.4. The average Bonchev–Trinajstić information content (AvgIpc) is 2.46. The Balaban J connectivity index is 2.32. The number of hydrogen-bond donors (Lipinski definition) is 1. The number of nitrogens with two attached hydrogens (primary N) is 1. The second-order valence-corrected chi connectivity index (χ2v) is 6.14. The Morgan fingerprint density at radius 3 is 2.38 bits per heavy atom. The van der Waals surface area contributed by atoms with Crippen molar-refractivity contribution in [2.45, 2.75) is 50.9 Å². The zero-order valence-corrected chi connectivity index (χ0v) is 12.5. The summed E-state index contributed by atoms with van der Waals surface area (Å²) in [6.07, 6.45) is 1.30. The van der Waals surface area contributed by atoms with Crippen molar-refractivity contribution in [1.82, 2.24) is 9.88 Å². The van der Waals surface area contributed by atoms with Crippen LogP contribution in [0.3, 0.4) is 0 Å². The van der Waals surface area contributed by atoms with E-state index in [-0.39, 0.29) is 5.56 Å². The van der Waals surface area contributed by atoms with Gasteiger partial charge in [0.1, 0.15) is 0 Å². The molecule has 21 heavy (non-hydrogen) atoms. The fraction of sp³-hybridized carbons (Fsp3) is 0.667. The van der Waals surface area contributed by atoms with Gasteiger partial charge in [0.25, 0.3) is 0 Å². The molecule has 1 aromatic heterocycles. The Hall–Kier alpha value is -1.14. The van der Waals surface area contributed by atoms with Crippen molar-refractivity contribution in [3.05, 3.63) is 29.6 Å². The predicted molar refractivity (Wildman–Crippen MR) is 75.7 cm³/mol. The summed E-state index contributed by atoms with van der Waals surface area (Å²) in [5.74, 6) is 0. The van der Waals surface area contributed by atoms with Crippen LogP contribution in [-0.4, -0.2) is 28.5 Å². The third kappa shape index (κ3) is 3.37. The van der Waals surface area contributed by atoms with Crippen LogP contribution in [0.5, 0.6) is 0 Å². The van der Waals surface area contributed by atoms with E-state index in [0.29, 0.717) is 0 Å². The number of aromatic nitrogens is 1. The normalized spacial score (nSPS) is 19.5. The number of nitrogens with zero attached hydrogens (tertiary/aromatic N) is 2. The molecule has 0 aromatic carbocycles. The molecule has 3 nitrogen and oxygen atoms in total. The number of piperidine rings is 1. The number of pyridine rings is 1. The van der Waals surface area contributed by atoms with E-state index in [4.69, 9.17) is 5.73 Å².